The molecule has 0 aliphatic heterocycles. The van der Waals surface area contributed by atoms with Crippen molar-refractivity contribution in [3.8, 4) is 0 Å². The molecule has 0 bridgehead atoms. The molecule has 0 saturated heterocycles. The van der Waals surface area contributed by atoms with Crippen LogP contribution in [0.1, 0.15) is 29.7 Å². The second-order valence-corrected chi connectivity index (χ2v) is 5.09. The normalized spacial score (nSPS) is 15.1. The molecule has 116 valence electrons. The molecule has 0 unspecified atom stereocenters. The van der Waals surface area contributed by atoms with E-state index < -0.39 is 12.6 Å². The van der Waals surface area contributed by atoms with Gasteiger partial charge in [0.2, 0.25) is 0 Å². The summed E-state index contributed by atoms with van der Waals surface area (Å²) >= 11 is 0. The molecule has 2 rings (SSSR count). The maximum absolute atomic E-state index is 12.3. The van der Waals surface area contributed by atoms with E-state index in [9.17, 15) is 13.2 Å². The fourth-order valence-electron chi connectivity index (χ4n) is 2.39. The topological polar surface area (TPSA) is 74.7 Å². The van der Waals surface area contributed by atoms with Crippen LogP contribution in [0.3, 0.4) is 0 Å². The van der Waals surface area contributed by atoms with Gasteiger partial charge in [0.15, 0.2) is 5.84 Å². The van der Waals surface area contributed by atoms with Gasteiger partial charge in [0, 0.05) is 19.3 Å². The maximum Gasteiger partial charge on any atom is 0.390 e. The second kappa shape index (κ2) is 5.79. The monoisotopic (exact) mass is 302 g/mol. The molecule has 1 aliphatic rings. The number of rotatable bonds is 4. The highest BCUT2D eigenvalue weighted by Crippen LogP contribution is 2.28. The van der Waals surface area contributed by atoms with Crippen molar-refractivity contribution in [2.75, 3.05) is 18.5 Å². The van der Waals surface area contributed by atoms with E-state index in [2.05, 4.69) is 10.1 Å². The molecule has 21 heavy (non-hydrogen) atoms. The van der Waals surface area contributed by atoms with E-state index in [1.807, 2.05) is 0 Å². The first-order valence-electron chi connectivity index (χ1n) is 6.60. The van der Waals surface area contributed by atoms with Crippen LogP contribution in [0, 0.1) is 0 Å². The van der Waals surface area contributed by atoms with Gasteiger partial charge in [0.25, 0.3) is 0 Å². The summed E-state index contributed by atoms with van der Waals surface area (Å²) < 4.78 is 37.0. The summed E-state index contributed by atoms with van der Waals surface area (Å²) in [7, 11) is 1.52. The minimum Gasteiger partial charge on any atom is -0.409 e. The Bertz CT molecular complexity index is 557. The van der Waals surface area contributed by atoms with Gasteiger partial charge in [-0.05, 0) is 30.9 Å². The lowest BCUT2D eigenvalue weighted by molar-refractivity contribution is -0.132. The first kappa shape index (κ1) is 15.4. The molecule has 1 aromatic rings. The van der Waals surface area contributed by atoms with Crippen LogP contribution in [0.25, 0.3) is 0 Å². The van der Waals surface area contributed by atoms with Crippen LogP contribution in [-0.4, -0.2) is 35.8 Å². The van der Waals surface area contributed by atoms with Gasteiger partial charge in [-0.3, -0.25) is 0 Å². The standard InChI is InChI=1S/C13H17F3N4O/c1-20(6-5-13(14,15)16)12-9(11(17)19-21)7-8-3-2-4-10(8)18-12/h7,21H,2-6H2,1H3,(H2,17,19). The van der Waals surface area contributed by atoms with Crippen molar-refractivity contribution in [3.05, 3.63) is 22.9 Å². The molecule has 0 amide bonds. The van der Waals surface area contributed by atoms with Crippen LogP contribution in [0.15, 0.2) is 11.2 Å². The molecule has 0 fully saturated rings. The number of alkyl halides is 3. The summed E-state index contributed by atoms with van der Waals surface area (Å²) in [5.74, 6) is 0.168. The van der Waals surface area contributed by atoms with Crippen molar-refractivity contribution in [2.45, 2.75) is 31.9 Å². The lowest BCUT2D eigenvalue weighted by Crippen LogP contribution is -2.28. The summed E-state index contributed by atoms with van der Waals surface area (Å²) in [4.78, 5) is 5.80. The van der Waals surface area contributed by atoms with E-state index in [1.165, 1.54) is 11.9 Å². The number of nitrogens with two attached hydrogens (primary N) is 1. The van der Waals surface area contributed by atoms with E-state index >= 15 is 0 Å². The number of oxime groups is 1. The molecule has 8 heteroatoms. The average Bonchev–Trinajstić information content (AvgIpc) is 2.88. The minimum atomic E-state index is -4.23. The van der Waals surface area contributed by atoms with Crippen LogP contribution in [0.4, 0.5) is 19.0 Å². The van der Waals surface area contributed by atoms with Crippen molar-refractivity contribution in [3.63, 3.8) is 0 Å². The molecule has 0 atom stereocenters. The number of hydrogen-bond acceptors (Lipinski definition) is 4. The van der Waals surface area contributed by atoms with E-state index in [4.69, 9.17) is 10.9 Å². The highest BCUT2D eigenvalue weighted by atomic mass is 19.4. The predicted octanol–water partition coefficient (Wildman–Crippen LogP) is 2.05. The highest BCUT2D eigenvalue weighted by molar-refractivity contribution is 6.01. The Morgan fingerprint density at radius 2 is 2.19 bits per heavy atom. The van der Waals surface area contributed by atoms with Crippen molar-refractivity contribution in [1.82, 2.24) is 4.98 Å². The molecule has 5 nitrogen and oxygen atoms in total. The van der Waals surface area contributed by atoms with Crippen LogP contribution >= 0.6 is 0 Å². The zero-order valence-electron chi connectivity index (χ0n) is 11.6. The van der Waals surface area contributed by atoms with Crippen LogP contribution in [-0.2, 0) is 12.8 Å². The Hall–Kier alpha value is -1.99. The summed E-state index contributed by atoms with van der Waals surface area (Å²) in [6.07, 6.45) is -2.58. The summed E-state index contributed by atoms with van der Waals surface area (Å²) in [5.41, 5.74) is 7.86. The van der Waals surface area contributed by atoms with Crippen LogP contribution in [0.2, 0.25) is 0 Å². The van der Waals surface area contributed by atoms with Crippen molar-refractivity contribution < 1.29 is 18.4 Å². The molecule has 1 aliphatic carbocycles. The predicted molar refractivity (Wildman–Crippen MR) is 72.7 cm³/mol. The lowest BCUT2D eigenvalue weighted by Gasteiger charge is -2.22. The zero-order chi connectivity index (χ0) is 15.6. The fraction of sp³-hybridized carbons (Fsp3) is 0.538. The number of nitrogens with zero attached hydrogens (tertiary/aromatic N) is 3. The third-order valence-electron chi connectivity index (χ3n) is 3.51. The molecule has 1 heterocycles. The molecular weight excluding hydrogens is 285 g/mol. The summed E-state index contributed by atoms with van der Waals surface area (Å²) in [6, 6.07) is 1.75. The first-order chi connectivity index (χ1) is 9.81. The van der Waals surface area contributed by atoms with Crippen LogP contribution in [0.5, 0.6) is 0 Å². The number of anilines is 1. The van der Waals surface area contributed by atoms with Gasteiger partial charge in [0.05, 0.1) is 12.0 Å². The third kappa shape index (κ3) is 3.56. The van der Waals surface area contributed by atoms with Gasteiger partial charge in [-0.25, -0.2) is 4.98 Å². The summed E-state index contributed by atoms with van der Waals surface area (Å²) in [6.45, 7) is -0.235. The maximum atomic E-state index is 12.3. The van der Waals surface area contributed by atoms with Gasteiger partial charge in [-0.2, -0.15) is 13.2 Å². The zero-order valence-corrected chi connectivity index (χ0v) is 11.6. The number of fused-ring (bicyclic) bond motifs is 1. The molecule has 0 radical (unpaired) electrons. The van der Waals surface area contributed by atoms with Crippen molar-refractivity contribution in [2.24, 2.45) is 10.9 Å². The van der Waals surface area contributed by atoms with E-state index in [0.29, 0.717) is 11.4 Å². The molecule has 0 saturated carbocycles. The minimum absolute atomic E-state index is 0.147. The third-order valence-corrected chi connectivity index (χ3v) is 3.51. The van der Waals surface area contributed by atoms with E-state index in [0.717, 1.165) is 30.5 Å². The molecule has 0 spiro atoms. The largest absolute Gasteiger partial charge is 0.409 e. The first-order valence-corrected chi connectivity index (χ1v) is 6.60. The van der Waals surface area contributed by atoms with Crippen molar-refractivity contribution in [1.29, 1.82) is 0 Å². The van der Waals surface area contributed by atoms with E-state index in [-0.39, 0.29) is 12.4 Å². The number of amidine groups is 1. The number of pyridine rings is 1. The van der Waals surface area contributed by atoms with Gasteiger partial charge < -0.3 is 15.8 Å². The van der Waals surface area contributed by atoms with Gasteiger partial charge >= 0.3 is 6.18 Å². The SMILES string of the molecule is CN(CCC(F)(F)F)c1nc2c(cc1C(N)=NO)CCC2. The average molecular weight is 302 g/mol. The summed E-state index contributed by atoms with van der Waals surface area (Å²) in [5, 5.41) is 11.8. The molecule has 1 aromatic heterocycles. The van der Waals surface area contributed by atoms with Crippen molar-refractivity contribution >= 4 is 11.7 Å². The van der Waals surface area contributed by atoms with Crippen LogP contribution < -0.4 is 10.6 Å². The quantitative estimate of drug-likeness (QED) is 0.386. The molecule has 3 N–H and O–H groups in total. The molecule has 0 aromatic carbocycles. The highest BCUT2D eigenvalue weighted by Gasteiger charge is 2.28. The molecular formula is C13H17F3N4O. The van der Waals surface area contributed by atoms with Gasteiger partial charge in [-0.1, -0.05) is 5.16 Å². The van der Waals surface area contributed by atoms with Gasteiger partial charge in [-0.15, -0.1) is 0 Å². The number of halogens is 3. The fourth-order valence-corrected chi connectivity index (χ4v) is 2.39. The number of hydrogen-bond donors (Lipinski definition) is 2. The van der Waals surface area contributed by atoms with E-state index in [1.54, 1.807) is 6.07 Å². The smallest absolute Gasteiger partial charge is 0.390 e. The Balaban J connectivity index is 2.32. The second-order valence-electron chi connectivity index (χ2n) is 5.09. The number of aromatic nitrogens is 1. The number of aryl methyl sites for hydroxylation is 2. The Morgan fingerprint density at radius 3 is 2.81 bits per heavy atom. The Labute approximate surface area is 120 Å². The van der Waals surface area contributed by atoms with Gasteiger partial charge in [0.1, 0.15) is 5.82 Å². The Morgan fingerprint density at radius 1 is 1.48 bits per heavy atom. The Kier molecular flexibility index (Phi) is 4.24. The lowest BCUT2D eigenvalue weighted by atomic mass is 10.1.